The second kappa shape index (κ2) is 2.22. The van der Waals surface area contributed by atoms with Gasteiger partial charge in [-0.15, -0.1) is 0 Å². The lowest BCUT2D eigenvalue weighted by molar-refractivity contribution is -0.174. The first-order valence-corrected chi connectivity index (χ1v) is 1.90. The van der Waals surface area contributed by atoms with Gasteiger partial charge in [0.25, 0.3) is 0 Å². The Kier molecular flexibility index (Phi) is 2.03. The molecule has 0 saturated heterocycles. The Hall–Kier alpha value is -0.780. The average molecular weight is 143 g/mol. The topological polar surface area (TPSA) is 63.3 Å². The molecule has 0 aromatic carbocycles. The van der Waals surface area contributed by atoms with E-state index in [1.54, 1.807) is 0 Å². The summed E-state index contributed by atoms with van der Waals surface area (Å²) in [5.74, 6) is -7.03. The molecule has 3 N–H and O–H groups in total. The number of hydrogen-bond donors (Lipinski definition) is 2. The molecule has 0 radical (unpaired) electrons. The van der Waals surface area contributed by atoms with E-state index < -0.39 is 18.2 Å². The third-order valence-corrected chi connectivity index (χ3v) is 0.631. The fraction of sp³-hybridized carbons (Fsp3) is 0.667. The van der Waals surface area contributed by atoms with E-state index in [1.165, 1.54) is 0 Å². The summed E-state index contributed by atoms with van der Waals surface area (Å²) in [5.41, 5.74) is 3.97. The summed E-state index contributed by atoms with van der Waals surface area (Å²) >= 11 is 0. The molecule has 0 aromatic heterocycles. The fourth-order valence-corrected chi connectivity index (χ4v) is 0.118. The minimum Gasteiger partial charge on any atom is -0.477 e. The minimum atomic E-state index is -4.47. The number of alkyl halides is 3. The maximum Gasteiger partial charge on any atom is 0.385 e. The first kappa shape index (κ1) is 8.22. The van der Waals surface area contributed by atoms with Gasteiger partial charge in [0, 0.05) is 0 Å². The minimum absolute atomic E-state index is 2.56. The van der Waals surface area contributed by atoms with Gasteiger partial charge < -0.3 is 5.11 Å². The van der Waals surface area contributed by atoms with Gasteiger partial charge in [-0.2, -0.15) is 8.78 Å². The van der Waals surface area contributed by atoms with E-state index in [9.17, 15) is 18.0 Å². The number of carboxylic acids is 1. The van der Waals surface area contributed by atoms with Crippen molar-refractivity contribution in [3.8, 4) is 0 Å². The molecule has 0 aliphatic rings. The maximum atomic E-state index is 11.6. The van der Waals surface area contributed by atoms with Crippen LogP contribution in [0.15, 0.2) is 0 Å². The molecule has 0 aliphatic carbocycles. The zero-order chi connectivity index (χ0) is 7.65. The standard InChI is InChI=1S/C3H4F3NO2/c4-1(7)3(5,6)2(8)9/h1H,7H2,(H,8,9). The third-order valence-electron chi connectivity index (χ3n) is 0.631. The van der Waals surface area contributed by atoms with Gasteiger partial charge in [0.2, 0.25) is 6.30 Å². The lowest BCUT2D eigenvalue weighted by Gasteiger charge is -2.10. The number of carboxylic acid groups (broad SMARTS) is 1. The molecule has 9 heavy (non-hydrogen) atoms. The SMILES string of the molecule is NC(F)C(F)(F)C(=O)O. The van der Waals surface area contributed by atoms with Gasteiger partial charge in [0.05, 0.1) is 0 Å². The predicted octanol–water partition coefficient (Wildman–Crippen LogP) is -0.0394. The molecule has 0 fully saturated rings. The largest absolute Gasteiger partial charge is 0.477 e. The summed E-state index contributed by atoms with van der Waals surface area (Å²) in [5, 5.41) is 7.54. The highest BCUT2D eigenvalue weighted by molar-refractivity contribution is 5.75. The van der Waals surface area contributed by atoms with Crippen molar-refractivity contribution in [2.24, 2.45) is 5.73 Å². The molecule has 0 aromatic rings. The second-order valence-electron chi connectivity index (χ2n) is 1.33. The monoisotopic (exact) mass is 143 g/mol. The van der Waals surface area contributed by atoms with Crippen molar-refractivity contribution < 1.29 is 23.1 Å². The Bertz CT molecular complexity index is 124. The van der Waals surface area contributed by atoms with Crippen LogP contribution in [-0.2, 0) is 4.79 Å². The molecule has 0 bridgehead atoms. The number of carbonyl (C=O) groups is 1. The number of aliphatic carboxylic acids is 1. The van der Waals surface area contributed by atoms with Crippen LogP contribution in [0.1, 0.15) is 0 Å². The molecule has 0 saturated carbocycles. The average Bonchev–Trinajstić information content (AvgIpc) is 1.65. The van der Waals surface area contributed by atoms with Crippen molar-refractivity contribution in [3.05, 3.63) is 0 Å². The van der Waals surface area contributed by atoms with Crippen molar-refractivity contribution in [2.45, 2.75) is 12.2 Å². The number of nitrogens with two attached hydrogens (primary N) is 1. The second-order valence-corrected chi connectivity index (χ2v) is 1.33. The lowest BCUT2D eigenvalue weighted by Crippen LogP contribution is -2.43. The Labute approximate surface area is 48.3 Å². The Morgan fingerprint density at radius 3 is 2.00 bits per heavy atom. The molecule has 0 aliphatic heterocycles. The van der Waals surface area contributed by atoms with Crippen molar-refractivity contribution >= 4 is 5.97 Å². The molecular weight excluding hydrogens is 139 g/mol. The fourth-order valence-electron chi connectivity index (χ4n) is 0.118. The number of hydrogen-bond acceptors (Lipinski definition) is 2. The van der Waals surface area contributed by atoms with Gasteiger partial charge in [-0.05, 0) is 0 Å². The zero-order valence-electron chi connectivity index (χ0n) is 4.14. The molecule has 0 amide bonds. The van der Waals surface area contributed by atoms with Crippen LogP contribution in [0.25, 0.3) is 0 Å². The molecule has 0 spiro atoms. The Balaban J connectivity index is 4.19. The zero-order valence-corrected chi connectivity index (χ0v) is 4.14. The van der Waals surface area contributed by atoms with Crippen LogP contribution >= 0.6 is 0 Å². The summed E-state index contributed by atoms with van der Waals surface area (Å²) < 4.78 is 34.5. The summed E-state index contributed by atoms with van der Waals surface area (Å²) in [6.45, 7) is 0. The van der Waals surface area contributed by atoms with Crippen LogP contribution in [0.5, 0.6) is 0 Å². The summed E-state index contributed by atoms with van der Waals surface area (Å²) in [7, 11) is 0. The highest BCUT2D eigenvalue weighted by Crippen LogP contribution is 2.17. The molecule has 1 unspecified atom stereocenters. The highest BCUT2D eigenvalue weighted by Gasteiger charge is 2.46. The summed E-state index contributed by atoms with van der Waals surface area (Å²) in [6.07, 6.45) is -3.14. The van der Waals surface area contributed by atoms with E-state index in [2.05, 4.69) is 5.73 Å². The summed E-state index contributed by atoms with van der Waals surface area (Å²) in [4.78, 5) is 9.39. The van der Waals surface area contributed by atoms with Gasteiger partial charge in [-0.25, -0.2) is 9.18 Å². The lowest BCUT2D eigenvalue weighted by atomic mass is 10.3. The maximum absolute atomic E-state index is 11.6. The van der Waals surface area contributed by atoms with Crippen molar-refractivity contribution in [1.29, 1.82) is 0 Å². The van der Waals surface area contributed by atoms with Crippen LogP contribution in [0.2, 0.25) is 0 Å². The number of rotatable bonds is 2. The molecular formula is C3H4F3NO2. The van der Waals surface area contributed by atoms with E-state index in [0.717, 1.165) is 0 Å². The quantitative estimate of drug-likeness (QED) is 0.533. The molecule has 3 nitrogen and oxygen atoms in total. The van der Waals surface area contributed by atoms with E-state index in [-0.39, 0.29) is 0 Å². The highest BCUT2D eigenvalue weighted by atomic mass is 19.3. The third kappa shape index (κ3) is 1.56. The molecule has 0 rings (SSSR count). The molecule has 0 heterocycles. The van der Waals surface area contributed by atoms with Gasteiger partial charge in [-0.1, -0.05) is 0 Å². The Morgan fingerprint density at radius 1 is 1.67 bits per heavy atom. The Morgan fingerprint density at radius 2 is 2.00 bits per heavy atom. The van der Waals surface area contributed by atoms with Gasteiger partial charge >= 0.3 is 11.9 Å². The van der Waals surface area contributed by atoms with Crippen LogP contribution in [0.4, 0.5) is 13.2 Å². The van der Waals surface area contributed by atoms with Crippen LogP contribution in [0.3, 0.4) is 0 Å². The van der Waals surface area contributed by atoms with Gasteiger partial charge in [0.1, 0.15) is 0 Å². The first-order chi connectivity index (χ1) is 3.89. The van der Waals surface area contributed by atoms with Gasteiger partial charge in [-0.3, -0.25) is 5.73 Å². The van der Waals surface area contributed by atoms with Crippen molar-refractivity contribution in [2.75, 3.05) is 0 Å². The van der Waals surface area contributed by atoms with Crippen LogP contribution < -0.4 is 5.73 Å². The van der Waals surface area contributed by atoms with E-state index in [4.69, 9.17) is 5.11 Å². The van der Waals surface area contributed by atoms with Crippen LogP contribution in [-0.4, -0.2) is 23.3 Å². The van der Waals surface area contributed by atoms with E-state index >= 15 is 0 Å². The number of halogens is 3. The van der Waals surface area contributed by atoms with E-state index in [0.29, 0.717) is 0 Å². The van der Waals surface area contributed by atoms with Gasteiger partial charge in [0.15, 0.2) is 0 Å². The molecule has 6 heteroatoms. The first-order valence-electron chi connectivity index (χ1n) is 1.90. The summed E-state index contributed by atoms with van der Waals surface area (Å²) in [6, 6.07) is 0. The predicted molar refractivity (Wildman–Crippen MR) is 21.7 cm³/mol. The van der Waals surface area contributed by atoms with Crippen LogP contribution in [0, 0.1) is 0 Å². The molecule has 54 valence electrons. The normalized spacial score (nSPS) is 15.1. The smallest absolute Gasteiger partial charge is 0.385 e. The molecule has 1 atom stereocenters. The van der Waals surface area contributed by atoms with Crippen molar-refractivity contribution in [3.63, 3.8) is 0 Å². The van der Waals surface area contributed by atoms with E-state index in [1.807, 2.05) is 0 Å². The van der Waals surface area contributed by atoms with Crippen molar-refractivity contribution in [1.82, 2.24) is 0 Å².